The van der Waals surface area contributed by atoms with Crippen molar-refractivity contribution in [3.05, 3.63) is 42.0 Å². The Kier molecular flexibility index (Phi) is 5.02. The lowest BCUT2D eigenvalue weighted by Crippen LogP contribution is -2.34. The van der Waals surface area contributed by atoms with Crippen LogP contribution in [0.15, 0.2) is 36.4 Å². The molecule has 1 fully saturated rings. The molecule has 1 aliphatic heterocycles. The van der Waals surface area contributed by atoms with E-state index in [0.717, 1.165) is 11.3 Å². The number of carbonyl (C=O) groups excluding carboxylic acids is 3. The summed E-state index contributed by atoms with van der Waals surface area (Å²) in [5.41, 5.74) is 1.86. The highest BCUT2D eigenvalue weighted by molar-refractivity contribution is 6.05. The molecule has 3 amide bonds. The van der Waals surface area contributed by atoms with Crippen molar-refractivity contribution in [3.8, 4) is 0 Å². The number of nitrogens with one attached hydrogen (secondary N) is 1. The van der Waals surface area contributed by atoms with Crippen molar-refractivity contribution < 1.29 is 14.4 Å². The zero-order valence-electron chi connectivity index (χ0n) is 14.7. The van der Waals surface area contributed by atoms with Crippen LogP contribution < -0.4 is 5.32 Å². The lowest BCUT2D eigenvalue weighted by molar-refractivity contribution is -0.140. The van der Waals surface area contributed by atoms with E-state index >= 15 is 0 Å². The van der Waals surface area contributed by atoms with Gasteiger partial charge in [-0.15, -0.1) is 0 Å². The molecule has 1 aromatic carbocycles. The SMILES string of the molecule is CC(C)c1ccccc1NC(=O)CCN1C(=O)[C@H]2CC=CC[C@@H]2C1=O. The minimum absolute atomic E-state index is 0.122. The van der Waals surface area contributed by atoms with Crippen LogP contribution >= 0.6 is 0 Å². The van der Waals surface area contributed by atoms with Gasteiger partial charge < -0.3 is 5.32 Å². The molecule has 1 heterocycles. The van der Waals surface area contributed by atoms with Crippen molar-refractivity contribution in [3.63, 3.8) is 0 Å². The fourth-order valence-electron chi connectivity index (χ4n) is 3.63. The first-order valence-corrected chi connectivity index (χ1v) is 8.88. The second-order valence-corrected chi connectivity index (χ2v) is 7.02. The number of nitrogens with zero attached hydrogens (tertiary/aromatic N) is 1. The number of hydrogen-bond acceptors (Lipinski definition) is 3. The molecule has 2 atom stereocenters. The minimum Gasteiger partial charge on any atom is -0.326 e. The highest BCUT2D eigenvalue weighted by atomic mass is 16.2. The predicted molar refractivity (Wildman–Crippen MR) is 95.9 cm³/mol. The summed E-state index contributed by atoms with van der Waals surface area (Å²) in [4.78, 5) is 38.4. The number of para-hydroxylation sites is 1. The van der Waals surface area contributed by atoms with E-state index in [1.807, 2.05) is 36.4 Å². The Bertz CT molecular complexity index is 697. The number of allylic oxidation sites excluding steroid dienone is 2. The number of benzene rings is 1. The average molecular weight is 340 g/mol. The van der Waals surface area contributed by atoms with Crippen LogP contribution in [0.3, 0.4) is 0 Å². The van der Waals surface area contributed by atoms with E-state index in [1.165, 1.54) is 4.90 Å². The van der Waals surface area contributed by atoms with Gasteiger partial charge in [0.15, 0.2) is 0 Å². The number of imide groups is 1. The zero-order chi connectivity index (χ0) is 18.0. The summed E-state index contributed by atoms with van der Waals surface area (Å²) >= 11 is 0. The Labute approximate surface area is 148 Å². The molecule has 5 nitrogen and oxygen atoms in total. The summed E-state index contributed by atoms with van der Waals surface area (Å²) in [6, 6.07) is 7.69. The van der Waals surface area contributed by atoms with Gasteiger partial charge in [0.2, 0.25) is 17.7 Å². The molecule has 3 rings (SSSR count). The first kappa shape index (κ1) is 17.4. The molecular formula is C20H24N2O3. The van der Waals surface area contributed by atoms with Gasteiger partial charge in [-0.2, -0.15) is 0 Å². The summed E-state index contributed by atoms with van der Waals surface area (Å²) in [5.74, 6) is -0.607. The summed E-state index contributed by atoms with van der Waals surface area (Å²) in [7, 11) is 0. The van der Waals surface area contributed by atoms with Crippen molar-refractivity contribution >= 4 is 23.4 Å². The molecule has 0 radical (unpaired) electrons. The average Bonchev–Trinajstić information content (AvgIpc) is 2.85. The second kappa shape index (κ2) is 7.21. The molecule has 1 aliphatic carbocycles. The number of hydrogen-bond donors (Lipinski definition) is 1. The van der Waals surface area contributed by atoms with Crippen LogP contribution in [0, 0.1) is 11.8 Å². The molecular weight excluding hydrogens is 316 g/mol. The van der Waals surface area contributed by atoms with E-state index in [9.17, 15) is 14.4 Å². The lowest BCUT2D eigenvalue weighted by Gasteiger charge is -2.16. The fourth-order valence-corrected chi connectivity index (χ4v) is 3.63. The van der Waals surface area contributed by atoms with E-state index in [-0.39, 0.29) is 42.5 Å². The highest BCUT2D eigenvalue weighted by Gasteiger charge is 2.46. The van der Waals surface area contributed by atoms with Crippen LogP contribution in [0.2, 0.25) is 0 Å². The Morgan fingerprint density at radius 1 is 1.12 bits per heavy atom. The minimum atomic E-state index is -0.234. The van der Waals surface area contributed by atoms with Crippen LogP contribution in [-0.2, 0) is 14.4 Å². The molecule has 0 aromatic heterocycles. The lowest BCUT2D eigenvalue weighted by atomic mass is 9.85. The van der Waals surface area contributed by atoms with E-state index in [4.69, 9.17) is 0 Å². The van der Waals surface area contributed by atoms with Gasteiger partial charge in [-0.3, -0.25) is 19.3 Å². The monoisotopic (exact) mass is 340 g/mol. The van der Waals surface area contributed by atoms with Gasteiger partial charge >= 0.3 is 0 Å². The van der Waals surface area contributed by atoms with Gasteiger partial charge in [-0.25, -0.2) is 0 Å². The predicted octanol–water partition coefficient (Wildman–Crippen LogP) is 3.09. The number of rotatable bonds is 5. The Hall–Kier alpha value is -2.43. The van der Waals surface area contributed by atoms with E-state index in [2.05, 4.69) is 19.2 Å². The van der Waals surface area contributed by atoms with Crippen molar-refractivity contribution in [2.45, 2.75) is 39.0 Å². The summed E-state index contributed by atoms with van der Waals surface area (Å²) in [6.45, 7) is 4.30. The van der Waals surface area contributed by atoms with Crippen LogP contribution in [-0.4, -0.2) is 29.2 Å². The van der Waals surface area contributed by atoms with Gasteiger partial charge in [0.05, 0.1) is 11.8 Å². The van der Waals surface area contributed by atoms with Crippen LogP contribution in [0.5, 0.6) is 0 Å². The third-order valence-corrected chi connectivity index (χ3v) is 5.02. The number of amides is 3. The first-order valence-electron chi connectivity index (χ1n) is 8.88. The Morgan fingerprint density at radius 2 is 1.72 bits per heavy atom. The van der Waals surface area contributed by atoms with Crippen LogP contribution in [0.25, 0.3) is 0 Å². The largest absolute Gasteiger partial charge is 0.326 e. The Balaban J connectivity index is 1.60. The Morgan fingerprint density at radius 3 is 2.32 bits per heavy atom. The van der Waals surface area contributed by atoms with Crippen molar-refractivity contribution in [2.75, 3.05) is 11.9 Å². The molecule has 132 valence electrons. The molecule has 25 heavy (non-hydrogen) atoms. The maximum absolute atomic E-state index is 12.4. The molecule has 5 heteroatoms. The topological polar surface area (TPSA) is 66.5 Å². The summed E-state index contributed by atoms with van der Waals surface area (Å²) in [6.07, 6.45) is 5.30. The molecule has 1 saturated heterocycles. The third kappa shape index (κ3) is 3.50. The number of carbonyl (C=O) groups is 3. The summed E-state index contributed by atoms with van der Waals surface area (Å²) < 4.78 is 0. The number of anilines is 1. The summed E-state index contributed by atoms with van der Waals surface area (Å²) in [5, 5.41) is 2.91. The molecule has 0 spiro atoms. The molecule has 0 unspecified atom stereocenters. The highest BCUT2D eigenvalue weighted by Crippen LogP contribution is 2.35. The van der Waals surface area contributed by atoms with Crippen molar-refractivity contribution in [2.24, 2.45) is 11.8 Å². The first-order chi connectivity index (χ1) is 12.0. The number of likely N-dealkylation sites (tertiary alicyclic amines) is 1. The molecule has 1 aromatic rings. The quantitative estimate of drug-likeness (QED) is 0.662. The van der Waals surface area contributed by atoms with Crippen molar-refractivity contribution in [1.82, 2.24) is 4.90 Å². The molecule has 0 saturated carbocycles. The van der Waals surface area contributed by atoms with Crippen molar-refractivity contribution in [1.29, 1.82) is 0 Å². The van der Waals surface area contributed by atoms with E-state index in [0.29, 0.717) is 18.8 Å². The second-order valence-electron chi connectivity index (χ2n) is 7.02. The smallest absolute Gasteiger partial charge is 0.233 e. The maximum Gasteiger partial charge on any atom is 0.233 e. The van der Waals surface area contributed by atoms with Gasteiger partial charge in [-0.1, -0.05) is 44.2 Å². The van der Waals surface area contributed by atoms with Crippen LogP contribution in [0.1, 0.15) is 44.6 Å². The number of fused-ring (bicyclic) bond motifs is 1. The van der Waals surface area contributed by atoms with E-state index < -0.39 is 0 Å². The molecule has 2 aliphatic rings. The maximum atomic E-state index is 12.4. The van der Waals surface area contributed by atoms with Gasteiger partial charge in [0, 0.05) is 18.7 Å². The third-order valence-electron chi connectivity index (χ3n) is 5.02. The normalized spacial score (nSPS) is 22.4. The van der Waals surface area contributed by atoms with E-state index in [1.54, 1.807) is 0 Å². The fraction of sp³-hybridized carbons (Fsp3) is 0.450. The zero-order valence-corrected chi connectivity index (χ0v) is 14.7. The van der Waals surface area contributed by atoms with Gasteiger partial charge in [0.25, 0.3) is 0 Å². The molecule has 1 N–H and O–H groups in total. The molecule has 0 bridgehead atoms. The van der Waals surface area contributed by atoms with Crippen LogP contribution in [0.4, 0.5) is 5.69 Å². The van der Waals surface area contributed by atoms with Gasteiger partial charge in [-0.05, 0) is 30.4 Å². The van der Waals surface area contributed by atoms with Gasteiger partial charge in [0.1, 0.15) is 0 Å². The standard InChI is InChI=1S/C20H24N2O3/c1-13(2)14-7-5-6-10-17(14)21-18(23)11-12-22-19(24)15-8-3-4-9-16(15)20(22)25/h3-7,10,13,15-16H,8-9,11-12H2,1-2H3,(H,21,23)/t15-,16-/m0/s1.